The summed E-state index contributed by atoms with van der Waals surface area (Å²) in [7, 11) is 0. The molecule has 0 spiro atoms. The molecule has 0 unspecified atom stereocenters. The number of thioether (sulfide) groups is 1. The first-order chi connectivity index (χ1) is 6.31. The molecular weight excluding hydrogens is 202 g/mol. The van der Waals surface area contributed by atoms with Crippen LogP contribution in [0.4, 0.5) is 0 Å². The van der Waals surface area contributed by atoms with Gasteiger partial charge in [-0.2, -0.15) is 0 Å². The molecule has 2 aromatic rings. The average molecular weight is 210 g/mol. The van der Waals surface area contributed by atoms with Crippen LogP contribution >= 0.6 is 23.4 Å². The molecule has 0 N–H and O–H groups in total. The van der Waals surface area contributed by atoms with Crippen molar-refractivity contribution in [2.45, 2.75) is 4.90 Å². The quantitative estimate of drug-likeness (QED) is 0.526. The number of pyridine rings is 1. The highest BCUT2D eigenvalue weighted by Crippen LogP contribution is 2.26. The molecule has 0 aliphatic heterocycles. The van der Waals surface area contributed by atoms with Crippen molar-refractivity contribution in [3.8, 4) is 0 Å². The summed E-state index contributed by atoms with van der Waals surface area (Å²) < 4.78 is 0. The molecule has 0 atom stereocenters. The molecule has 3 heteroatoms. The minimum Gasteiger partial charge on any atom is -0.244 e. The Hall–Kier alpha value is -0.730. The monoisotopic (exact) mass is 209 g/mol. The normalized spacial score (nSPS) is 10.6. The minimum atomic E-state index is 0.547. The Kier molecular flexibility index (Phi) is 2.42. The molecule has 2 rings (SSSR count). The lowest BCUT2D eigenvalue weighted by molar-refractivity contribution is 1.34. The fraction of sp³-hybridized carbons (Fsp3) is 0.100. The van der Waals surface area contributed by atoms with Gasteiger partial charge in [-0.1, -0.05) is 23.7 Å². The maximum atomic E-state index is 5.80. The van der Waals surface area contributed by atoms with E-state index in [1.807, 2.05) is 24.4 Å². The van der Waals surface area contributed by atoms with Crippen LogP contribution in [0.25, 0.3) is 10.8 Å². The lowest BCUT2D eigenvalue weighted by Crippen LogP contribution is -1.79. The highest BCUT2D eigenvalue weighted by atomic mass is 35.5. The lowest BCUT2D eigenvalue weighted by Gasteiger charge is -2.02. The summed E-state index contributed by atoms with van der Waals surface area (Å²) in [5, 5.41) is 2.86. The van der Waals surface area contributed by atoms with Crippen molar-refractivity contribution in [3.05, 3.63) is 35.6 Å². The minimum absolute atomic E-state index is 0.547. The van der Waals surface area contributed by atoms with Gasteiger partial charge in [0.15, 0.2) is 0 Å². The van der Waals surface area contributed by atoms with Gasteiger partial charge in [0.05, 0.1) is 0 Å². The van der Waals surface area contributed by atoms with Crippen LogP contribution in [0.2, 0.25) is 5.15 Å². The third-order valence-electron chi connectivity index (χ3n) is 1.91. The van der Waals surface area contributed by atoms with Gasteiger partial charge in [-0.05, 0) is 23.8 Å². The predicted octanol–water partition coefficient (Wildman–Crippen LogP) is 3.61. The molecule has 0 aliphatic rings. The maximum Gasteiger partial charge on any atom is 0.129 e. The van der Waals surface area contributed by atoms with Crippen LogP contribution < -0.4 is 0 Å². The van der Waals surface area contributed by atoms with Gasteiger partial charge in [0, 0.05) is 16.5 Å². The van der Waals surface area contributed by atoms with E-state index in [2.05, 4.69) is 17.3 Å². The number of aromatic nitrogens is 1. The van der Waals surface area contributed by atoms with E-state index in [9.17, 15) is 0 Å². The van der Waals surface area contributed by atoms with E-state index in [0.29, 0.717) is 5.15 Å². The van der Waals surface area contributed by atoms with Crippen molar-refractivity contribution < 1.29 is 0 Å². The molecule has 0 saturated heterocycles. The summed E-state index contributed by atoms with van der Waals surface area (Å²) in [6.07, 6.45) is 3.88. The van der Waals surface area contributed by atoms with Crippen molar-refractivity contribution >= 4 is 34.1 Å². The van der Waals surface area contributed by atoms with Gasteiger partial charge < -0.3 is 0 Å². The molecule has 0 amide bonds. The highest BCUT2D eigenvalue weighted by Gasteiger charge is 1.99. The molecule has 0 radical (unpaired) electrons. The molecule has 13 heavy (non-hydrogen) atoms. The number of hydrogen-bond acceptors (Lipinski definition) is 2. The molecule has 66 valence electrons. The molecule has 0 aliphatic carbocycles. The Labute approximate surface area is 86.1 Å². The molecule has 1 heterocycles. The summed E-state index contributed by atoms with van der Waals surface area (Å²) in [5.74, 6) is 0. The third kappa shape index (κ3) is 1.64. The molecule has 1 nitrogen and oxygen atoms in total. The van der Waals surface area contributed by atoms with Crippen molar-refractivity contribution in [1.29, 1.82) is 0 Å². The molecular formula is C10H8ClNS. The lowest BCUT2D eigenvalue weighted by atomic mass is 10.2. The average Bonchev–Trinajstić information content (AvgIpc) is 2.16. The van der Waals surface area contributed by atoms with E-state index >= 15 is 0 Å². The van der Waals surface area contributed by atoms with Crippen molar-refractivity contribution in [2.24, 2.45) is 0 Å². The third-order valence-corrected chi connectivity index (χ3v) is 2.91. The summed E-state index contributed by atoms with van der Waals surface area (Å²) in [4.78, 5) is 5.31. The first kappa shape index (κ1) is 8.85. The van der Waals surface area contributed by atoms with Crippen LogP contribution in [-0.4, -0.2) is 11.2 Å². The van der Waals surface area contributed by atoms with Crippen LogP contribution in [0.1, 0.15) is 0 Å². The Balaban J connectivity index is 2.77. The van der Waals surface area contributed by atoms with Gasteiger partial charge in [-0.3, -0.25) is 0 Å². The van der Waals surface area contributed by atoms with Crippen LogP contribution in [0.5, 0.6) is 0 Å². The van der Waals surface area contributed by atoms with Crippen LogP contribution in [0, 0.1) is 0 Å². The number of hydrogen-bond donors (Lipinski definition) is 0. The van der Waals surface area contributed by atoms with E-state index < -0.39 is 0 Å². The number of rotatable bonds is 1. The number of halogens is 1. The van der Waals surface area contributed by atoms with Gasteiger partial charge in [0.2, 0.25) is 0 Å². The Morgan fingerprint density at radius 2 is 2.23 bits per heavy atom. The van der Waals surface area contributed by atoms with E-state index in [4.69, 9.17) is 11.6 Å². The van der Waals surface area contributed by atoms with Gasteiger partial charge in [-0.25, -0.2) is 4.98 Å². The molecule has 0 bridgehead atoms. The summed E-state index contributed by atoms with van der Waals surface area (Å²) in [5.41, 5.74) is 0. The van der Waals surface area contributed by atoms with Gasteiger partial charge in [-0.15, -0.1) is 11.8 Å². The van der Waals surface area contributed by atoms with Crippen LogP contribution in [0.3, 0.4) is 0 Å². The second-order valence-electron chi connectivity index (χ2n) is 2.69. The van der Waals surface area contributed by atoms with E-state index in [0.717, 1.165) is 5.39 Å². The van der Waals surface area contributed by atoms with Gasteiger partial charge >= 0.3 is 0 Å². The topological polar surface area (TPSA) is 12.9 Å². The summed E-state index contributed by atoms with van der Waals surface area (Å²) >= 11 is 7.52. The first-order valence-electron chi connectivity index (χ1n) is 3.89. The Morgan fingerprint density at radius 3 is 3.00 bits per heavy atom. The molecule has 0 fully saturated rings. The van der Waals surface area contributed by atoms with E-state index in [-0.39, 0.29) is 0 Å². The van der Waals surface area contributed by atoms with Crippen molar-refractivity contribution in [3.63, 3.8) is 0 Å². The number of fused-ring (bicyclic) bond motifs is 1. The van der Waals surface area contributed by atoms with Crippen LogP contribution in [-0.2, 0) is 0 Å². The summed E-state index contributed by atoms with van der Waals surface area (Å²) in [6.45, 7) is 0. The van der Waals surface area contributed by atoms with E-state index in [1.165, 1.54) is 10.3 Å². The van der Waals surface area contributed by atoms with Crippen LogP contribution in [0.15, 0.2) is 35.4 Å². The zero-order valence-corrected chi connectivity index (χ0v) is 8.69. The zero-order valence-electron chi connectivity index (χ0n) is 7.12. The van der Waals surface area contributed by atoms with Crippen molar-refractivity contribution in [2.75, 3.05) is 6.26 Å². The maximum absolute atomic E-state index is 5.80. The fourth-order valence-electron chi connectivity index (χ4n) is 1.29. The largest absolute Gasteiger partial charge is 0.244 e. The Bertz CT molecular complexity index is 442. The zero-order chi connectivity index (χ0) is 9.26. The smallest absolute Gasteiger partial charge is 0.129 e. The molecule has 1 aromatic heterocycles. The second-order valence-corrected chi connectivity index (χ2v) is 3.92. The van der Waals surface area contributed by atoms with E-state index in [1.54, 1.807) is 11.8 Å². The molecule has 1 aromatic carbocycles. The molecule has 0 saturated carbocycles. The van der Waals surface area contributed by atoms with Gasteiger partial charge in [0.1, 0.15) is 5.15 Å². The summed E-state index contributed by atoms with van der Waals surface area (Å²) in [6, 6.07) is 8.05. The standard InChI is InChI=1S/C10H8ClNS/c1-13-9-4-2-3-7-5-10(11)12-6-8(7)9/h2-6H,1H3. The van der Waals surface area contributed by atoms with Gasteiger partial charge in [0.25, 0.3) is 0 Å². The number of benzene rings is 1. The first-order valence-corrected chi connectivity index (χ1v) is 5.50. The highest BCUT2D eigenvalue weighted by molar-refractivity contribution is 7.98. The SMILES string of the molecule is CSc1cccc2cc(Cl)ncc12. The second kappa shape index (κ2) is 3.56. The fourth-order valence-corrected chi connectivity index (χ4v) is 2.07. The predicted molar refractivity (Wildman–Crippen MR) is 58.5 cm³/mol. The van der Waals surface area contributed by atoms with Crippen molar-refractivity contribution in [1.82, 2.24) is 4.98 Å². The Morgan fingerprint density at radius 1 is 1.38 bits per heavy atom. The number of nitrogens with zero attached hydrogens (tertiary/aromatic N) is 1.